The standard InChI is InChI=1S/C30H22F3N3O6S3/c1-2-42-28(40)15-8-10-18(11-9-15)36-25(38)22-21(19-7-4-12-43-19)24-27(44-23(22)26(36)39)35(29(41)45-24)14-20(37)34-17-6-3-5-16(13-17)30(31,32)33/h3-13,21-23H,2,14H2,1H3,(H,34,37)/t21-,22?,23?/m0/s1. The molecule has 1 N–H and O–H groups in total. The normalized spacial score (nSPS) is 19.3. The highest BCUT2D eigenvalue weighted by molar-refractivity contribution is 8.00. The molecule has 4 heterocycles. The highest BCUT2D eigenvalue weighted by atomic mass is 32.2. The van der Waals surface area contributed by atoms with Crippen LogP contribution in [0.4, 0.5) is 24.5 Å². The van der Waals surface area contributed by atoms with Gasteiger partial charge in [0.15, 0.2) is 0 Å². The summed E-state index contributed by atoms with van der Waals surface area (Å²) in [6, 6.07) is 13.7. The third-order valence-electron chi connectivity index (χ3n) is 7.31. The number of benzene rings is 2. The van der Waals surface area contributed by atoms with Gasteiger partial charge in [-0.25, -0.2) is 9.69 Å². The first-order valence-electron chi connectivity index (χ1n) is 13.5. The lowest BCUT2D eigenvalue weighted by molar-refractivity contribution is -0.137. The summed E-state index contributed by atoms with van der Waals surface area (Å²) in [5.74, 6) is -3.72. The van der Waals surface area contributed by atoms with E-state index in [1.807, 2.05) is 11.4 Å². The Morgan fingerprint density at radius 3 is 2.42 bits per heavy atom. The third kappa shape index (κ3) is 5.71. The van der Waals surface area contributed by atoms with Crippen LogP contribution in [-0.4, -0.2) is 40.1 Å². The van der Waals surface area contributed by atoms with Gasteiger partial charge in [-0.15, -0.1) is 11.3 Å². The Kier molecular flexibility index (Phi) is 8.18. The second kappa shape index (κ2) is 11.9. The molecule has 2 aromatic carbocycles. The van der Waals surface area contributed by atoms with Crippen LogP contribution in [0.15, 0.2) is 75.9 Å². The molecule has 232 valence electrons. The average Bonchev–Trinajstić information content (AvgIpc) is 3.70. The lowest BCUT2D eigenvalue weighted by atomic mass is 9.87. The lowest BCUT2D eigenvalue weighted by Crippen LogP contribution is -2.32. The topological polar surface area (TPSA) is 115 Å². The van der Waals surface area contributed by atoms with Gasteiger partial charge in [-0.05, 0) is 60.8 Å². The molecule has 6 rings (SSSR count). The van der Waals surface area contributed by atoms with E-state index in [1.165, 1.54) is 46.2 Å². The Morgan fingerprint density at radius 1 is 1.00 bits per heavy atom. The first-order chi connectivity index (χ1) is 21.5. The molecule has 0 aliphatic carbocycles. The predicted molar refractivity (Wildman–Crippen MR) is 163 cm³/mol. The number of hydrogen-bond acceptors (Lipinski definition) is 9. The molecule has 2 aromatic heterocycles. The van der Waals surface area contributed by atoms with Crippen molar-refractivity contribution in [3.8, 4) is 0 Å². The molecule has 1 fully saturated rings. The minimum Gasteiger partial charge on any atom is -0.462 e. The number of hydrogen-bond donors (Lipinski definition) is 1. The van der Waals surface area contributed by atoms with Crippen molar-refractivity contribution in [3.63, 3.8) is 0 Å². The van der Waals surface area contributed by atoms with Gasteiger partial charge in [0.1, 0.15) is 11.8 Å². The zero-order valence-corrected chi connectivity index (χ0v) is 25.6. The summed E-state index contributed by atoms with van der Waals surface area (Å²) >= 11 is 3.25. The quantitative estimate of drug-likeness (QED) is 0.201. The van der Waals surface area contributed by atoms with Gasteiger partial charge < -0.3 is 10.1 Å². The van der Waals surface area contributed by atoms with Gasteiger partial charge in [0.05, 0.1) is 34.4 Å². The number of thioether (sulfide) groups is 1. The van der Waals surface area contributed by atoms with Crippen LogP contribution in [0, 0.1) is 5.92 Å². The van der Waals surface area contributed by atoms with Gasteiger partial charge in [0, 0.05) is 21.4 Å². The molecular formula is C30H22F3N3O6S3. The fraction of sp³-hybridized carbons (Fsp3) is 0.233. The summed E-state index contributed by atoms with van der Waals surface area (Å²) in [6.45, 7) is 1.36. The van der Waals surface area contributed by atoms with Gasteiger partial charge in [-0.2, -0.15) is 13.2 Å². The van der Waals surface area contributed by atoms with Crippen LogP contribution in [0.25, 0.3) is 0 Å². The fourth-order valence-electron chi connectivity index (χ4n) is 5.36. The molecule has 0 spiro atoms. The van der Waals surface area contributed by atoms with Gasteiger partial charge in [0.2, 0.25) is 17.7 Å². The number of thiophene rings is 1. The highest BCUT2D eigenvalue weighted by Crippen LogP contribution is 2.54. The zero-order chi connectivity index (χ0) is 32.0. The number of carbonyl (C=O) groups is 4. The zero-order valence-electron chi connectivity index (χ0n) is 23.2. The van der Waals surface area contributed by atoms with Gasteiger partial charge >= 0.3 is 17.0 Å². The molecule has 0 saturated carbocycles. The molecule has 9 nitrogen and oxygen atoms in total. The lowest BCUT2D eigenvalue weighted by Gasteiger charge is -2.29. The van der Waals surface area contributed by atoms with E-state index in [-0.39, 0.29) is 23.5 Å². The number of nitrogens with one attached hydrogen (secondary N) is 1. The Bertz CT molecular complexity index is 1870. The monoisotopic (exact) mass is 673 g/mol. The predicted octanol–water partition coefficient (Wildman–Crippen LogP) is 5.60. The molecular weight excluding hydrogens is 652 g/mol. The van der Waals surface area contributed by atoms with Crippen molar-refractivity contribution in [1.29, 1.82) is 0 Å². The number of rotatable bonds is 7. The van der Waals surface area contributed by atoms with Crippen molar-refractivity contribution in [3.05, 3.63) is 96.6 Å². The van der Waals surface area contributed by atoms with Crippen molar-refractivity contribution >= 4 is 69.5 Å². The molecule has 2 aliphatic rings. The molecule has 4 aromatic rings. The summed E-state index contributed by atoms with van der Waals surface area (Å²) in [6.07, 6.45) is -4.60. The van der Waals surface area contributed by atoms with Gasteiger partial charge in [0.25, 0.3) is 0 Å². The Morgan fingerprint density at radius 2 is 1.76 bits per heavy atom. The minimum absolute atomic E-state index is 0.0858. The third-order valence-corrected chi connectivity index (χ3v) is 10.9. The van der Waals surface area contributed by atoms with Gasteiger partial charge in [-0.3, -0.25) is 23.7 Å². The summed E-state index contributed by atoms with van der Waals surface area (Å²) in [4.78, 5) is 67.9. The SMILES string of the molecule is CCOC(=O)c1ccc(N2C(=O)C3Sc4c(sc(=O)n4CC(=O)Nc4cccc(C(F)(F)F)c4)[C@@H](c4cccs4)C3C2=O)cc1. The number of amides is 3. The number of anilines is 2. The summed E-state index contributed by atoms with van der Waals surface area (Å²) in [5, 5.41) is 3.66. The van der Waals surface area contributed by atoms with E-state index in [9.17, 15) is 37.1 Å². The molecule has 15 heteroatoms. The number of halogens is 3. The largest absolute Gasteiger partial charge is 0.462 e. The van der Waals surface area contributed by atoms with E-state index in [4.69, 9.17) is 4.74 Å². The fourth-order valence-corrected chi connectivity index (χ4v) is 9.08. The van der Waals surface area contributed by atoms with E-state index < -0.39 is 63.9 Å². The number of esters is 1. The van der Waals surface area contributed by atoms with Crippen molar-refractivity contribution in [2.45, 2.75) is 35.8 Å². The molecule has 1 saturated heterocycles. The number of ether oxygens (including phenoxy) is 1. The van der Waals surface area contributed by atoms with Crippen LogP contribution < -0.4 is 15.1 Å². The van der Waals surface area contributed by atoms with Crippen molar-refractivity contribution in [2.24, 2.45) is 5.92 Å². The second-order valence-corrected chi connectivity index (χ2v) is 13.2. The minimum atomic E-state index is -4.60. The summed E-state index contributed by atoms with van der Waals surface area (Å²) in [7, 11) is 0. The van der Waals surface area contributed by atoms with Gasteiger partial charge in [-0.1, -0.05) is 35.2 Å². The first-order valence-corrected chi connectivity index (χ1v) is 16.1. The maximum atomic E-state index is 13.9. The molecule has 0 bridgehead atoms. The number of thiazole rings is 1. The molecule has 3 amide bonds. The van der Waals surface area contributed by atoms with E-state index in [0.29, 0.717) is 9.90 Å². The number of fused-ring (bicyclic) bond motifs is 2. The number of alkyl halides is 3. The highest BCUT2D eigenvalue weighted by Gasteiger charge is 2.57. The summed E-state index contributed by atoms with van der Waals surface area (Å²) in [5.41, 5.74) is -0.482. The van der Waals surface area contributed by atoms with E-state index in [2.05, 4.69) is 5.32 Å². The van der Waals surface area contributed by atoms with Crippen molar-refractivity contribution in [2.75, 3.05) is 16.8 Å². The molecule has 45 heavy (non-hydrogen) atoms. The number of imide groups is 1. The van der Waals surface area contributed by atoms with E-state index in [0.717, 1.165) is 51.1 Å². The maximum Gasteiger partial charge on any atom is 0.416 e. The Hall–Kier alpha value is -4.21. The van der Waals surface area contributed by atoms with Crippen LogP contribution in [0.5, 0.6) is 0 Å². The first kappa shape index (κ1) is 30.8. The van der Waals surface area contributed by atoms with E-state index in [1.54, 1.807) is 13.0 Å². The second-order valence-electron chi connectivity index (χ2n) is 10.1. The summed E-state index contributed by atoms with van der Waals surface area (Å²) < 4.78 is 45.7. The van der Waals surface area contributed by atoms with Crippen LogP contribution in [-0.2, 0) is 31.8 Å². The molecule has 2 aliphatic heterocycles. The average molecular weight is 674 g/mol. The Balaban J connectivity index is 1.32. The number of carbonyl (C=O) groups excluding carboxylic acids is 4. The Labute approximate surface area is 265 Å². The van der Waals surface area contributed by atoms with Crippen molar-refractivity contribution in [1.82, 2.24) is 4.57 Å². The number of aromatic nitrogens is 1. The van der Waals surface area contributed by atoms with Crippen LogP contribution in [0.1, 0.15) is 38.5 Å². The molecule has 2 unspecified atom stereocenters. The van der Waals surface area contributed by atoms with Crippen LogP contribution in [0.3, 0.4) is 0 Å². The van der Waals surface area contributed by atoms with Crippen LogP contribution >= 0.6 is 34.4 Å². The van der Waals surface area contributed by atoms with E-state index >= 15 is 0 Å². The smallest absolute Gasteiger partial charge is 0.416 e. The van der Waals surface area contributed by atoms with Crippen molar-refractivity contribution < 1.29 is 37.1 Å². The molecule has 3 atom stereocenters. The molecule has 0 radical (unpaired) electrons. The maximum absolute atomic E-state index is 13.9. The van der Waals surface area contributed by atoms with Crippen LogP contribution in [0.2, 0.25) is 0 Å². The number of nitrogens with zero attached hydrogens (tertiary/aromatic N) is 2.